The Labute approximate surface area is 314 Å². The van der Waals surface area contributed by atoms with Crippen molar-refractivity contribution < 1.29 is 4.42 Å². The second kappa shape index (κ2) is 13.4. The summed E-state index contributed by atoms with van der Waals surface area (Å²) in [6.07, 6.45) is 0. The molecule has 1 heterocycles. The van der Waals surface area contributed by atoms with Crippen LogP contribution in [0.15, 0.2) is 217 Å². The average Bonchev–Trinajstić information content (AvgIpc) is 3.64. The van der Waals surface area contributed by atoms with Crippen molar-refractivity contribution in [2.24, 2.45) is 0 Å². The fraction of sp³-hybridized carbons (Fsp3) is 0. The molecule has 1 aromatic heterocycles. The fourth-order valence-corrected chi connectivity index (χ4v) is 7.85. The van der Waals surface area contributed by atoms with Gasteiger partial charge in [0.25, 0.3) is 0 Å². The zero-order valence-electron chi connectivity index (χ0n) is 29.6. The first-order valence-electron chi connectivity index (χ1n) is 18.4. The van der Waals surface area contributed by atoms with Gasteiger partial charge in [0, 0.05) is 27.8 Å². The van der Waals surface area contributed by atoms with Crippen LogP contribution in [0.3, 0.4) is 0 Å². The summed E-state index contributed by atoms with van der Waals surface area (Å²) in [7, 11) is 0. The molecule has 0 atom stereocenters. The van der Waals surface area contributed by atoms with Gasteiger partial charge in [-0.3, -0.25) is 0 Å². The first kappa shape index (κ1) is 31.6. The molecule has 0 saturated heterocycles. The highest BCUT2D eigenvalue weighted by molar-refractivity contribution is 6.12. The zero-order chi connectivity index (χ0) is 35.8. The Hall–Kier alpha value is -7.16. The predicted molar refractivity (Wildman–Crippen MR) is 228 cm³/mol. The molecule has 0 amide bonds. The van der Waals surface area contributed by atoms with E-state index in [2.05, 4.69) is 205 Å². The molecule has 0 radical (unpaired) electrons. The van der Waals surface area contributed by atoms with Crippen molar-refractivity contribution in [1.29, 1.82) is 0 Å². The Kier molecular flexibility index (Phi) is 7.85. The maximum atomic E-state index is 6.28. The van der Waals surface area contributed by atoms with E-state index in [1.165, 1.54) is 44.2 Å². The second-order valence-corrected chi connectivity index (χ2v) is 13.7. The van der Waals surface area contributed by atoms with Crippen LogP contribution >= 0.6 is 0 Å². The summed E-state index contributed by atoms with van der Waals surface area (Å²) in [5, 5.41) is 4.76. The first-order valence-corrected chi connectivity index (χ1v) is 18.4. The third-order valence-electron chi connectivity index (χ3n) is 10.5. The van der Waals surface area contributed by atoms with Crippen LogP contribution in [0.1, 0.15) is 0 Å². The second-order valence-electron chi connectivity index (χ2n) is 13.7. The molecule has 2 nitrogen and oxygen atoms in total. The summed E-state index contributed by atoms with van der Waals surface area (Å²) in [4.78, 5) is 2.36. The molecule has 54 heavy (non-hydrogen) atoms. The Morgan fingerprint density at radius 3 is 1.63 bits per heavy atom. The molecule has 0 spiro atoms. The van der Waals surface area contributed by atoms with Gasteiger partial charge in [-0.1, -0.05) is 158 Å². The van der Waals surface area contributed by atoms with E-state index in [0.29, 0.717) is 0 Å². The molecule has 0 saturated carbocycles. The Morgan fingerprint density at radius 2 is 0.833 bits per heavy atom. The van der Waals surface area contributed by atoms with Gasteiger partial charge in [0.2, 0.25) is 0 Å². The number of fused-ring (bicyclic) bond motifs is 4. The van der Waals surface area contributed by atoms with Gasteiger partial charge < -0.3 is 9.32 Å². The summed E-state index contributed by atoms with van der Waals surface area (Å²) < 4.78 is 6.28. The standard InChI is InChI=1S/C52H35NO/c1-2-12-36(13-3-1)40-16-8-17-41(34-40)37-26-30-43(31-27-37)53(44-32-28-39(29-33-44)47-22-10-15-38-14-4-5-20-46(38)47)45-19-9-18-42(35-45)48-23-11-25-51-52(48)49-21-6-7-24-50(49)54-51/h1-35H. The maximum Gasteiger partial charge on any atom is 0.136 e. The molecule has 10 rings (SSSR count). The average molecular weight is 690 g/mol. The van der Waals surface area contributed by atoms with Crippen molar-refractivity contribution in [1.82, 2.24) is 0 Å². The van der Waals surface area contributed by atoms with Gasteiger partial charge in [-0.05, 0) is 110 Å². The van der Waals surface area contributed by atoms with E-state index in [0.717, 1.165) is 50.1 Å². The summed E-state index contributed by atoms with van der Waals surface area (Å²) >= 11 is 0. The lowest BCUT2D eigenvalue weighted by molar-refractivity contribution is 0.669. The topological polar surface area (TPSA) is 16.4 Å². The number of rotatable bonds is 7. The van der Waals surface area contributed by atoms with Crippen molar-refractivity contribution in [3.63, 3.8) is 0 Å². The molecular formula is C52H35NO. The lowest BCUT2D eigenvalue weighted by atomic mass is 9.97. The number of furan rings is 1. The van der Waals surface area contributed by atoms with E-state index in [4.69, 9.17) is 4.42 Å². The van der Waals surface area contributed by atoms with Crippen molar-refractivity contribution in [2.45, 2.75) is 0 Å². The molecule has 10 aromatic rings. The van der Waals surface area contributed by atoms with Crippen LogP contribution in [0.2, 0.25) is 0 Å². The molecule has 0 aliphatic carbocycles. The van der Waals surface area contributed by atoms with Crippen molar-refractivity contribution in [2.75, 3.05) is 4.90 Å². The molecule has 0 aliphatic heterocycles. The van der Waals surface area contributed by atoms with E-state index in [-0.39, 0.29) is 0 Å². The number of anilines is 3. The SMILES string of the molecule is c1ccc(-c2cccc(-c3ccc(N(c4ccc(-c5cccc6ccccc56)cc4)c4cccc(-c5cccc6oc7ccccc7c56)c4)cc3)c2)cc1. The van der Waals surface area contributed by atoms with Crippen LogP contribution in [-0.2, 0) is 0 Å². The molecule has 0 bridgehead atoms. The van der Waals surface area contributed by atoms with Crippen LogP contribution in [0.25, 0.3) is 77.2 Å². The molecule has 0 unspecified atom stereocenters. The van der Waals surface area contributed by atoms with Gasteiger partial charge in [-0.25, -0.2) is 0 Å². The van der Waals surface area contributed by atoms with E-state index in [1.807, 2.05) is 12.1 Å². The predicted octanol–water partition coefficient (Wildman–Crippen LogP) is 14.9. The number of benzene rings is 9. The van der Waals surface area contributed by atoms with Crippen molar-refractivity contribution in [3.05, 3.63) is 212 Å². The van der Waals surface area contributed by atoms with Crippen LogP contribution < -0.4 is 4.90 Å². The molecule has 2 heteroatoms. The van der Waals surface area contributed by atoms with Gasteiger partial charge in [-0.2, -0.15) is 0 Å². The molecule has 254 valence electrons. The smallest absolute Gasteiger partial charge is 0.136 e. The highest BCUT2D eigenvalue weighted by atomic mass is 16.3. The normalized spacial score (nSPS) is 11.3. The third kappa shape index (κ3) is 5.71. The number of hydrogen-bond acceptors (Lipinski definition) is 2. The Balaban J connectivity index is 1.08. The highest BCUT2D eigenvalue weighted by Gasteiger charge is 2.17. The van der Waals surface area contributed by atoms with Gasteiger partial charge in [0.1, 0.15) is 11.2 Å². The molecular weight excluding hydrogens is 655 g/mol. The number of para-hydroxylation sites is 1. The Morgan fingerprint density at radius 1 is 0.296 bits per heavy atom. The summed E-state index contributed by atoms with van der Waals surface area (Å²) in [6, 6.07) is 75.9. The molecule has 9 aromatic carbocycles. The van der Waals surface area contributed by atoms with Crippen molar-refractivity contribution in [3.8, 4) is 44.5 Å². The summed E-state index contributed by atoms with van der Waals surface area (Å²) in [5.41, 5.74) is 14.5. The van der Waals surface area contributed by atoms with Crippen LogP contribution in [-0.4, -0.2) is 0 Å². The monoisotopic (exact) mass is 689 g/mol. The van der Waals surface area contributed by atoms with E-state index < -0.39 is 0 Å². The zero-order valence-corrected chi connectivity index (χ0v) is 29.6. The van der Waals surface area contributed by atoms with E-state index in [1.54, 1.807) is 0 Å². The minimum absolute atomic E-state index is 0.895. The number of hydrogen-bond donors (Lipinski definition) is 0. The summed E-state index contributed by atoms with van der Waals surface area (Å²) in [5.74, 6) is 0. The summed E-state index contributed by atoms with van der Waals surface area (Å²) in [6.45, 7) is 0. The number of nitrogens with zero attached hydrogens (tertiary/aromatic N) is 1. The lowest BCUT2D eigenvalue weighted by Gasteiger charge is -2.26. The quantitative estimate of drug-likeness (QED) is 0.166. The minimum atomic E-state index is 0.895. The van der Waals surface area contributed by atoms with Gasteiger partial charge in [0.05, 0.1) is 0 Å². The molecule has 0 fully saturated rings. The van der Waals surface area contributed by atoms with Gasteiger partial charge >= 0.3 is 0 Å². The van der Waals surface area contributed by atoms with Gasteiger partial charge in [0.15, 0.2) is 0 Å². The highest BCUT2D eigenvalue weighted by Crippen LogP contribution is 2.42. The molecule has 0 aliphatic rings. The van der Waals surface area contributed by atoms with Crippen LogP contribution in [0.5, 0.6) is 0 Å². The van der Waals surface area contributed by atoms with Crippen LogP contribution in [0, 0.1) is 0 Å². The van der Waals surface area contributed by atoms with E-state index in [9.17, 15) is 0 Å². The van der Waals surface area contributed by atoms with E-state index >= 15 is 0 Å². The fourth-order valence-electron chi connectivity index (χ4n) is 7.85. The van der Waals surface area contributed by atoms with Gasteiger partial charge in [-0.15, -0.1) is 0 Å². The Bertz CT molecular complexity index is 2920. The first-order chi connectivity index (χ1) is 26.8. The molecule has 0 N–H and O–H groups in total. The third-order valence-corrected chi connectivity index (χ3v) is 10.5. The lowest BCUT2D eigenvalue weighted by Crippen LogP contribution is -2.10. The minimum Gasteiger partial charge on any atom is -0.456 e. The maximum absolute atomic E-state index is 6.28. The van der Waals surface area contributed by atoms with Crippen LogP contribution in [0.4, 0.5) is 17.1 Å². The largest absolute Gasteiger partial charge is 0.456 e. The van der Waals surface area contributed by atoms with Crippen molar-refractivity contribution >= 4 is 49.8 Å².